The summed E-state index contributed by atoms with van der Waals surface area (Å²) in [7, 11) is 0. The maximum atomic E-state index is 4.00. The molecule has 0 bridgehead atoms. The van der Waals surface area contributed by atoms with Gasteiger partial charge in [0.2, 0.25) is 0 Å². The molecular formula is C11H23N. The number of rotatable bonds is 6. The second-order valence-corrected chi connectivity index (χ2v) is 3.98. The quantitative estimate of drug-likeness (QED) is 0.603. The molecule has 12 heavy (non-hydrogen) atoms. The van der Waals surface area contributed by atoms with Crippen molar-refractivity contribution in [2.75, 3.05) is 6.54 Å². The molecule has 0 fully saturated rings. The van der Waals surface area contributed by atoms with Crippen LogP contribution in [0.2, 0.25) is 0 Å². The van der Waals surface area contributed by atoms with Gasteiger partial charge in [0.1, 0.15) is 0 Å². The molecule has 72 valence electrons. The molecule has 0 spiro atoms. The van der Waals surface area contributed by atoms with E-state index in [2.05, 4.69) is 39.6 Å². The summed E-state index contributed by atoms with van der Waals surface area (Å²) in [5.74, 6) is 0.746. The molecule has 1 atom stereocenters. The Morgan fingerprint density at radius 1 is 1.42 bits per heavy atom. The fourth-order valence-corrected chi connectivity index (χ4v) is 1.25. The fraction of sp³-hybridized carbons (Fsp3) is 0.818. The summed E-state index contributed by atoms with van der Waals surface area (Å²) in [6.07, 6.45) is 2.40. The van der Waals surface area contributed by atoms with Gasteiger partial charge in [-0.3, -0.25) is 0 Å². The molecule has 0 aliphatic heterocycles. The molecule has 0 amide bonds. The van der Waals surface area contributed by atoms with Gasteiger partial charge in [0, 0.05) is 6.04 Å². The Hall–Kier alpha value is -0.300. The molecule has 0 rings (SSSR count). The van der Waals surface area contributed by atoms with Crippen LogP contribution in [0.4, 0.5) is 0 Å². The van der Waals surface area contributed by atoms with E-state index in [9.17, 15) is 0 Å². The first-order chi connectivity index (χ1) is 5.57. The maximum Gasteiger partial charge on any atom is 0.0276 e. The van der Waals surface area contributed by atoms with Crippen LogP contribution in [0.5, 0.6) is 0 Å². The molecule has 0 aromatic rings. The summed E-state index contributed by atoms with van der Waals surface area (Å²) in [6, 6.07) is 0.518. The molecule has 0 aliphatic rings. The second-order valence-electron chi connectivity index (χ2n) is 3.98. The molecule has 1 nitrogen and oxygen atoms in total. The highest BCUT2D eigenvalue weighted by Crippen LogP contribution is 2.10. The average molecular weight is 169 g/mol. The van der Waals surface area contributed by atoms with Gasteiger partial charge < -0.3 is 5.32 Å². The molecule has 0 saturated carbocycles. The van der Waals surface area contributed by atoms with Gasteiger partial charge >= 0.3 is 0 Å². The van der Waals surface area contributed by atoms with Crippen molar-refractivity contribution in [3.05, 3.63) is 12.2 Å². The molecular weight excluding hydrogens is 146 g/mol. The molecule has 0 aromatic carbocycles. The highest BCUT2D eigenvalue weighted by atomic mass is 14.9. The molecule has 0 aromatic heterocycles. The van der Waals surface area contributed by atoms with Crippen LogP contribution in [0.1, 0.15) is 40.5 Å². The zero-order valence-corrected chi connectivity index (χ0v) is 8.98. The van der Waals surface area contributed by atoms with Crippen molar-refractivity contribution in [1.29, 1.82) is 0 Å². The third kappa shape index (κ3) is 5.36. The number of hydrogen-bond acceptors (Lipinski definition) is 1. The van der Waals surface area contributed by atoms with E-state index in [4.69, 9.17) is 0 Å². The van der Waals surface area contributed by atoms with E-state index < -0.39 is 0 Å². The Labute approximate surface area is 77.2 Å². The largest absolute Gasteiger partial charge is 0.310 e. The lowest BCUT2D eigenvalue weighted by molar-refractivity contribution is 0.458. The zero-order chi connectivity index (χ0) is 9.56. The smallest absolute Gasteiger partial charge is 0.0276 e. The molecule has 0 aliphatic carbocycles. The van der Waals surface area contributed by atoms with Crippen LogP contribution in [0.25, 0.3) is 0 Å². The minimum absolute atomic E-state index is 0.518. The van der Waals surface area contributed by atoms with Gasteiger partial charge in [-0.15, -0.1) is 0 Å². The van der Waals surface area contributed by atoms with E-state index in [0.29, 0.717) is 6.04 Å². The summed E-state index contributed by atoms with van der Waals surface area (Å²) in [4.78, 5) is 0. The summed E-state index contributed by atoms with van der Waals surface area (Å²) in [5, 5.41) is 3.50. The van der Waals surface area contributed by atoms with Gasteiger partial charge in [-0.2, -0.15) is 0 Å². The average Bonchev–Trinajstić information content (AvgIpc) is 1.96. The van der Waals surface area contributed by atoms with Crippen LogP contribution in [-0.4, -0.2) is 12.6 Å². The van der Waals surface area contributed by atoms with E-state index in [0.717, 1.165) is 12.5 Å². The van der Waals surface area contributed by atoms with Crippen molar-refractivity contribution in [1.82, 2.24) is 5.32 Å². The van der Waals surface area contributed by atoms with Crippen molar-refractivity contribution in [3.8, 4) is 0 Å². The van der Waals surface area contributed by atoms with E-state index >= 15 is 0 Å². The highest BCUT2D eigenvalue weighted by molar-refractivity contribution is 5.01. The molecule has 0 heterocycles. The van der Waals surface area contributed by atoms with Crippen molar-refractivity contribution < 1.29 is 0 Å². The summed E-state index contributed by atoms with van der Waals surface area (Å²) in [6.45, 7) is 13.9. The van der Waals surface area contributed by atoms with Crippen molar-refractivity contribution in [3.63, 3.8) is 0 Å². The summed E-state index contributed by atoms with van der Waals surface area (Å²) < 4.78 is 0. The van der Waals surface area contributed by atoms with E-state index in [1.165, 1.54) is 18.4 Å². The monoisotopic (exact) mass is 169 g/mol. The Balaban J connectivity index is 3.78. The standard InChI is InChI=1S/C11H23N/c1-6-7-12-11(10(4)5)8-9(2)3/h9,11-12H,4,6-8H2,1-3,5H3. The summed E-state index contributed by atoms with van der Waals surface area (Å²) >= 11 is 0. The molecule has 1 heteroatoms. The van der Waals surface area contributed by atoms with Crippen LogP contribution in [0, 0.1) is 5.92 Å². The van der Waals surface area contributed by atoms with E-state index in [-0.39, 0.29) is 0 Å². The lowest BCUT2D eigenvalue weighted by Crippen LogP contribution is -2.31. The van der Waals surface area contributed by atoms with Crippen molar-refractivity contribution in [2.24, 2.45) is 5.92 Å². The van der Waals surface area contributed by atoms with Gasteiger partial charge in [0.15, 0.2) is 0 Å². The fourth-order valence-electron chi connectivity index (χ4n) is 1.25. The minimum Gasteiger partial charge on any atom is -0.310 e. The normalized spacial score (nSPS) is 13.4. The Morgan fingerprint density at radius 3 is 2.33 bits per heavy atom. The van der Waals surface area contributed by atoms with Crippen molar-refractivity contribution >= 4 is 0 Å². The lowest BCUT2D eigenvalue weighted by Gasteiger charge is -2.20. The van der Waals surface area contributed by atoms with Gasteiger partial charge in [-0.05, 0) is 32.2 Å². The molecule has 1 N–H and O–H groups in total. The van der Waals surface area contributed by atoms with E-state index in [1.807, 2.05) is 0 Å². The van der Waals surface area contributed by atoms with Crippen LogP contribution in [-0.2, 0) is 0 Å². The van der Waals surface area contributed by atoms with Crippen LogP contribution in [0.3, 0.4) is 0 Å². The number of nitrogens with one attached hydrogen (secondary N) is 1. The maximum absolute atomic E-state index is 4.00. The minimum atomic E-state index is 0.518. The third-order valence-corrected chi connectivity index (χ3v) is 1.94. The van der Waals surface area contributed by atoms with Crippen LogP contribution in [0.15, 0.2) is 12.2 Å². The molecule has 1 unspecified atom stereocenters. The predicted octanol–water partition coefficient (Wildman–Crippen LogP) is 2.98. The van der Waals surface area contributed by atoms with E-state index in [1.54, 1.807) is 0 Å². The first-order valence-electron chi connectivity index (χ1n) is 4.96. The lowest BCUT2D eigenvalue weighted by atomic mass is 9.99. The zero-order valence-electron chi connectivity index (χ0n) is 8.98. The van der Waals surface area contributed by atoms with Gasteiger partial charge in [0.25, 0.3) is 0 Å². The molecule has 0 saturated heterocycles. The molecule has 0 radical (unpaired) electrons. The summed E-state index contributed by atoms with van der Waals surface area (Å²) in [5.41, 5.74) is 1.26. The van der Waals surface area contributed by atoms with Crippen LogP contribution >= 0.6 is 0 Å². The first-order valence-corrected chi connectivity index (χ1v) is 4.96. The van der Waals surface area contributed by atoms with Crippen LogP contribution < -0.4 is 5.32 Å². The Morgan fingerprint density at radius 2 is 2.00 bits per heavy atom. The SMILES string of the molecule is C=C(C)C(CC(C)C)NCCC. The van der Waals surface area contributed by atoms with Gasteiger partial charge in [-0.1, -0.05) is 32.9 Å². The topological polar surface area (TPSA) is 12.0 Å². The van der Waals surface area contributed by atoms with Gasteiger partial charge in [-0.25, -0.2) is 0 Å². The predicted molar refractivity (Wildman–Crippen MR) is 56.4 cm³/mol. The number of hydrogen-bond donors (Lipinski definition) is 1. The second kappa shape index (κ2) is 6.24. The van der Waals surface area contributed by atoms with Gasteiger partial charge in [0.05, 0.1) is 0 Å². The van der Waals surface area contributed by atoms with Crippen molar-refractivity contribution in [2.45, 2.75) is 46.6 Å². The highest BCUT2D eigenvalue weighted by Gasteiger charge is 2.09. The Kier molecular flexibility index (Phi) is 6.09. The first kappa shape index (κ1) is 11.7. The Bertz CT molecular complexity index is 127. The third-order valence-electron chi connectivity index (χ3n) is 1.94.